The van der Waals surface area contributed by atoms with E-state index < -0.39 is 10.0 Å². The minimum Gasteiger partial charge on any atom is -0.377 e. The van der Waals surface area contributed by atoms with Gasteiger partial charge in [-0.15, -0.1) is 0 Å². The lowest BCUT2D eigenvalue weighted by atomic mass is 10.5. The van der Waals surface area contributed by atoms with Gasteiger partial charge in [0.25, 0.3) is 0 Å². The second-order valence-electron chi connectivity index (χ2n) is 2.19. The Morgan fingerprint density at radius 2 is 2.33 bits per heavy atom. The first-order valence-electron chi connectivity index (χ1n) is 2.81. The van der Waals surface area contributed by atoms with Crippen molar-refractivity contribution in [3.63, 3.8) is 0 Å². The van der Waals surface area contributed by atoms with Gasteiger partial charge in [-0.2, -0.15) is 4.31 Å². The number of fused-ring (bicyclic) bond motifs is 1. The van der Waals surface area contributed by atoms with Crippen molar-refractivity contribution in [3.8, 4) is 0 Å². The molecule has 0 radical (unpaired) electrons. The second-order valence-corrected chi connectivity index (χ2v) is 4.23. The Hall–Kier alpha value is -0.130. The number of nitrogens with zero attached hydrogens (tertiary/aromatic N) is 1. The number of hydrogen-bond acceptors (Lipinski definition) is 3. The largest absolute Gasteiger partial charge is 0.377 e. The van der Waals surface area contributed by atoms with Gasteiger partial charge in [0.1, 0.15) is 0 Å². The molecule has 0 saturated carbocycles. The molecular formula is C4H7NO3S. The highest BCUT2D eigenvalue weighted by molar-refractivity contribution is 7.96. The van der Waals surface area contributed by atoms with E-state index in [1.54, 1.807) is 0 Å². The zero-order valence-electron chi connectivity index (χ0n) is 4.78. The van der Waals surface area contributed by atoms with Gasteiger partial charge in [0.15, 0.2) is 5.37 Å². The third-order valence-electron chi connectivity index (χ3n) is 1.66. The predicted octanol–water partition coefficient (Wildman–Crippen LogP) is -1.01. The van der Waals surface area contributed by atoms with Crippen LogP contribution in [-0.4, -0.2) is 37.9 Å². The molecule has 2 aliphatic heterocycles. The molecule has 52 valence electrons. The molecule has 5 heteroatoms. The molecule has 0 N–H and O–H groups in total. The lowest BCUT2D eigenvalue weighted by molar-refractivity contribution is 0.0878. The molecule has 2 unspecified atom stereocenters. The van der Waals surface area contributed by atoms with E-state index in [2.05, 4.69) is 0 Å². The Labute approximate surface area is 53.5 Å². The van der Waals surface area contributed by atoms with Gasteiger partial charge in [-0.3, -0.25) is 0 Å². The number of sulfonamides is 1. The Kier molecular flexibility index (Phi) is 0.924. The lowest BCUT2D eigenvalue weighted by Gasteiger charge is -2.05. The van der Waals surface area contributed by atoms with Crippen LogP contribution in [0.2, 0.25) is 0 Å². The average Bonchev–Trinajstić information content (AvgIpc) is 2.39. The van der Waals surface area contributed by atoms with Crippen LogP contribution < -0.4 is 0 Å². The van der Waals surface area contributed by atoms with Crippen molar-refractivity contribution in [2.24, 2.45) is 0 Å². The highest BCUT2D eigenvalue weighted by Gasteiger charge is 2.55. The van der Waals surface area contributed by atoms with Crippen LogP contribution in [0.4, 0.5) is 0 Å². The standard InChI is InChI=1S/C4H7NO3S/c6-9(7)4-3-8-2-1-5(4)9/h4H,1-3H2. The molecule has 0 amide bonds. The zero-order chi connectivity index (χ0) is 6.48. The molecular weight excluding hydrogens is 142 g/mol. The van der Waals surface area contributed by atoms with Crippen LogP contribution >= 0.6 is 0 Å². The van der Waals surface area contributed by atoms with Gasteiger partial charge in [-0.05, 0) is 0 Å². The Morgan fingerprint density at radius 1 is 1.56 bits per heavy atom. The molecule has 0 aromatic carbocycles. The first-order chi connectivity index (χ1) is 4.23. The smallest absolute Gasteiger partial charge is 0.235 e. The monoisotopic (exact) mass is 149 g/mol. The topological polar surface area (TPSA) is 46.4 Å². The van der Waals surface area contributed by atoms with Crippen molar-refractivity contribution >= 4 is 10.0 Å². The fourth-order valence-corrected chi connectivity index (χ4v) is 2.61. The van der Waals surface area contributed by atoms with Gasteiger partial charge < -0.3 is 4.74 Å². The SMILES string of the molecule is O=S1(=O)C2COCCN21. The normalized spacial score (nSPS) is 45.8. The van der Waals surface area contributed by atoms with Crippen molar-refractivity contribution in [3.05, 3.63) is 0 Å². The third-order valence-corrected chi connectivity index (χ3v) is 3.62. The maximum Gasteiger partial charge on any atom is 0.235 e. The maximum atomic E-state index is 10.8. The molecule has 0 aliphatic carbocycles. The van der Waals surface area contributed by atoms with Crippen molar-refractivity contribution < 1.29 is 13.2 Å². The van der Waals surface area contributed by atoms with E-state index in [0.717, 1.165) is 0 Å². The summed E-state index contributed by atoms with van der Waals surface area (Å²) in [6, 6.07) is 0. The summed E-state index contributed by atoms with van der Waals surface area (Å²) in [5, 5.41) is -0.300. The van der Waals surface area contributed by atoms with Gasteiger partial charge in [-0.25, -0.2) is 8.42 Å². The van der Waals surface area contributed by atoms with E-state index in [0.29, 0.717) is 19.8 Å². The molecule has 2 atom stereocenters. The van der Waals surface area contributed by atoms with Crippen LogP contribution in [0.3, 0.4) is 0 Å². The average molecular weight is 149 g/mol. The predicted molar refractivity (Wildman–Crippen MR) is 30.2 cm³/mol. The first-order valence-corrected chi connectivity index (χ1v) is 4.31. The van der Waals surface area contributed by atoms with Gasteiger partial charge >= 0.3 is 0 Å². The van der Waals surface area contributed by atoms with Crippen molar-refractivity contribution in [2.75, 3.05) is 19.8 Å². The van der Waals surface area contributed by atoms with Crippen LogP contribution in [0.5, 0.6) is 0 Å². The molecule has 9 heavy (non-hydrogen) atoms. The molecule has 0 spiro atoms. The van der Waals surface area contributed by atoms with Gasteiger partial charge in [0.05, 0.1) is 13.2 Å². The molecule has 2 heterocycles. The Bertz CT molecular complexity index is 204. The maximum absolute atomic E-state index is 10.8. The quantitative estimate of drug-likeness (QED) is 0.414. The Morgan fingerprint density at radius 3 is 2.78 bits per heavy atom. The van der Waals surface area contributed by atoms with Gasteiger partial charge in [0, 0.05) is 6.54 Å². The molecule has 0 aromatic heterocycles. The van der Waals surface area contributed by atoms with Gasteiger partial charge in [-0.1, -0.05) is 0 Å². The van der Waals surface area contributed by atoms with E-state index in [-0.39, 0.29) is 5.37 Å². The summed E-state index contributed by atoms with van der Waals surface area (Å²) in [7, 11) is -2.83. The summed E-state index contributed by atoms with van der Waals surface area (Å²) in [5.74, 6) is 0. The summed E-state index contributed by atoms with van der Waals surface area (Å²) in [6.07, 6.45) is 0. The summed E-state index contributed by atoms with van der Waals surface area (Å²) in [4.78, 5) is 0. The van der Waals surface area contributed by atoms with Crippen LogP contribution in [0.25, 0.3) is 0 Å². The fourth-order valence-electron chi connectivity index (χ4n) is 1.06. The first kappa shape index (κ1) is 5.64. The van der Waals surface area contributed by atoms with Crippen LogP contribution in [0.1, 0.15) is 0 Å². The molecule has 2 fully saturated rings. The van der Waals surface area contributed by atoms with E-state index >= 15 is 0 Å². The summed E-state index contributed by atoms with van der Waals surface area (Å²) in [6.45, 7) is 1.46. The zero-order valence-corrected chi connectivity index (χ0v) is 5.60. The van der Waals surface area contributed by atoms with Crippen molar-refractivity contribution in [1.29, 1.82) is 0 Å². The van der Waals surface area contributed by atoms with E-state index in [4.69, 9.17) is 4.74 Å². The third kappa shape index (κ3) is 0.623. The van der Waals surface area contributed by atoms with E-state index in [9.17, 15) is 8.42 Å². The highest BCUT2D eigenvalue weighted by Crippen LogP contribution is 2.32. The van der Waals surface area contributed by atoms with Gasteiger partial charge in [0.2, 0.25) is 10.0 Å². The number of hydrogen-bond donors (Lipinski definition) is 0. The molecule has 2 saturated heterocycles. The molecule has 0 aromatic rings. The van der Waals surface area contributed by atoms with Crippen molar-refractivity contribution in [1.82, 2.24) is 4.31 Å². The van der Waals surface area contributed by atoms with E-state index in [1.165, 1.54) is 4.31 Å². The highest BCUT2D eigenvalue weighted by atomic mass is 32.2. The molecule has 2 rings (SSSR count). The summed E-state index contributed by atoms with van der Waals surface area (Å²) >= 11 is 0. The summed E-state index contributed by atoms with van der Waals surface area (Å²) in [5.41, 5.74) is 0. The molecule has 0 bridgehead atoms. The molecule has 4 nitrogen and oxygen atoms in total. The lowest BCUT2D eigenvalue weighted by Crippen LogP contribution is -2.20. The van der Waals surface area contributed by atoms with E-state index in [1.807, 2.05) is 0 Å². The fraction of sp³-hybridized carbons (Fsp3) is 1.00. The minimum atomic E-state index is -2.83. The second kappa shape index (κ2) is 1.47. The van der Waals surface area contributed by atoms with Crippen LogP contribution in [0, 0.1) is 0 Å². The van der Waals surface area contributed by atoms with Crippen LogP contribution in [0.15, 0.2) is 0 Å². The number of morpholine rings is 1. The number of ether oxygens (including phenoxy) is 1. The van der Waals surface area contributed by atoms with Crippen LogP contribution in [-0.2, 0) is 14.8 Å². The molecule has 2 aliphatic rings. The minimum absolute atomic E-state index is 0.300. The summed E-state index contributed by atoms with van der Waals surface area (Å²) < 4.78 is 27.9. The Balaban J connectivity index is 2.24. The number of rotatable bonds is 0. The van der Waals surface area contributed by atoms with Crippen molar-refractivity contribution in [2.45, 2.75) is 5.37 Å².